The fourth-order valence-electron chi connectivity index (χ4n) is 3.60. The third-order valence-electron chi connectivity index (χ3n) is 5.37. The summed E-state index contributed by atoms with van der Waals surface area (Å²) >= 11 is 12.3. The fourth-order valence-corrected chi connectivity index (χ4v) is 5.77. The number of halogens is 2. The molecule has 0 saturated carbocycles. The number of carbonyl (C=O) groups is 3. The molecule has 3 aromatic carbocycles. The Morgan fingerprint density at radius 1 is 0.846 bits per heavy atom. The van der Waals surface area contributed by atoms with E-state index in [0.717, 1.165) is 18.5 Å². The van der Waals surface area contributed by atoms with E-state index in [1.54, 1.807) is 13.0 Å². The average molecular weight is 595 g/mol. The van der Waals surface area contributed by atoms with Crippen LogP contribution in [-0.4, -0.2) is 54.1 Å². The molecule has 0 atom stereocenters. The van der Waals surface area contributed by atoms with E-state index in [9.17, 15) is 22.8 Å². The zero-order valence-corrected chi connectivity index (χ0v) is 23.6. The first kappa shape index (κ1) is 29.8. The van der Waals surface area contributed by atoms with Gasteiger partial charge in [-0.2, -0.15) is 0 Å². The van der Waals surface area contributed by atoms with E-state index >= 15 is 0 Å². The highest BCUT2D eigenvalue weighted by atomic mass is 35.5. The van der Waals surface area contributed by atoms with Crippen molar-refractivity contribution in [3.05, 3.63) is 81.3 Å². The van der Waals surface area contributed by atoms with Crippen molar-refractivity contribution in [3.8, 4) is 5.75 Å². The summed E-state index contributed by atoms with van der Waals surface area (Å²) in [6.45, 7) is 0.977. The summed E-state index contributed by atoms with van der Waals surface area (Å²) in [6, 6.07) is 12.5. The van der Waals surface area contributed by atoms with Crippen molar-refractivity contribution in [3.63, 3.8) is 0 Å². The summed E-state index contributed by atoms with van der Waals surface area (Å²) in [5, 5.41) is 2.80. The minimum Gasteiger partial charge on any atom is -0.495 e. The Bertz CT molecular complexity index is 1490. The van der Waals surface area contributed by atoms with Crippen molar-refractivity contribution in [2.45, 2.75) is 11.8 Å². The molecule has 10 nitrogen and oxygen atoms in total. The first-order chi connectivity index (χ1) is 18.4. The number of nitrogens with zero attached hydrogens (tertiary/aromatic N) is 1. The summed E-state index contributed by atoms with van der Waals surface area (Å²) in [5.74, 6) is -2.27. The standard InChI is InChI=1S/C26H24Cl2N2O8S/c1-15-5-6-22(36-2)23(7-15)39(34,35)30(21-12-18(27)11-19(28)13-21)14-24(31)29-20-9-16(25(32)37-3)8-17(10-20)26(33)38-4/h5-13H,14H2,1-4H3,(H,29,31). The lowest BCUT2D eigenvalue weighted by molar-refractivity contribution is -0.114. The molecule has 3 aromatic rings. The summed E-state index contributed by atoms with van der Waals surface area (Å²) in [6.07, 6.45) is 0. The molecule has 0 aliphatic heterocycles. The van der Waals surface area contributed by atoms with Gasteiger partial charge in [0.1, 0.15) is 17.2 Å². The van der Waals surface area contributed by atoms with Crippen molar-refractivity contribution < 1.29 is 37.0 Å². The highest BCUT2D eigenvalue weighted by molar-refractivity contribution is 7.93. The van der Waals surface area contributed by atoms with Gasteiger partial charge in [0, 0.05) is 15.7 Å². The Labute approximate surface area is 235 Å². The number of amides is 1. The van der Waals surface area contributed by atoms with Gasteiger partial charge in [0.05, 0.1) is 38.1 Å². The number of benzene rings is 3. The van der Waals surface area contributed by atoms with Crippen molar-refractivity contribution in [2.24, 2.45) is 0 Å². The summed E-state index contributed by atoms with van der Waals surface area (Å²) in [7, 11) is -0.773. The van der Waals surface area contributed by atoms with Gasteiger partial charge in [-0.15, -0.1) is 0 Å². The molecule has 0 aromatic heterocycles. The van der Waals surface area contributed by atoms with Crippen LogP contribution < -0.4 is 14.4 Å². The van der Waals surface area contributed by atoms with Crippen LogP contribution in [0.3, 0.4) is 0 Å². The van der Waals surface area contributed by atoms with E-state index in [1.807, 2.05) is 0 Å². The van der Waals surface area contributed by atoms with Gasteiger partial charge in [-0.1, -0.05) is 29.3 Å². The van der Waals surface area contributed by atoms with E-state index in [4.69, 9.17) is 37.4 Å². The van der Waals surface area contributed by atoms with Crippen LogP contribution in [-0.2, 0) is 24.3 Å². The maximum Gasteiger partial charge on any atom is 0.337 e. The van der Waals surface area contributed by atoms with Crippen LogP contribution >= 0.6 is 23.2 Å². The van der Waals surface area contributed by atoms with Crippen LogP contribution in [0, 0.1) is 6.92 Å². The van der Waals surface area contributed by atoms with Crippen LogP contribution in [0.15, 0.2) is 59.5 Å². The number of carbonyl (C=O) groups excluding carboxylic acids is 3. The molecule has 206 valence electrons. The Hall–Kier alpha value is -3.80. The number of methoxy groups -OCH3 is 3. The minimum atomic E-state index is -4.41. The summed E-state index contributed by atoms with van der Waals surface area (Å²) < 4.78 is 43.3. The van der Waals surface area contributed by atoms with E-state index in [-0.39, 0.29) is 43.2 Å². The van der Waals surface area contributed by atoms with E-state index in [2.05, 4.69) is 5.32 Å². The van der Waals surface area contributed by atoms with Crippen molar-refractivity contribution in [1.82, 2.24) is 0 Å². The van der Waals surface area contributed by atoms with Crippen molar-refractivity contribution in [2.75, 3.05) is 37.5 Å². The smallest absolute Gasteiger partial charge is 0.337 e. The van der Waals surface area contributed by atoms with Crippen LogP contribution in [0.5, 0.6) is 5.75 Å². The second-order valence-electron chi connectivity index (χ2n) is 8.12. The topological polar surface area (TPSA) is 128 Å². The van der Waals surface area contributed by atoms with Crippen molar-refractivity contribution >= 4 is 62.4 Å². The molecule has 0 spiro atoms. The predicted molar refractivity (Wildman–Crippen MR) is 146 cm³/mol. The molecule has 3 rings (SSSR count). The third kappa shape index (κ3) is 6.99. The van der Waals surface area contributed by atoms with Gasteiger partial charge < -0.3 is 19.5 Å². The van der Waals surface area contributed by atoms with Crippen LogP contribution in [0.4, 0.5) is 11.4 Å². The van der Waals surface area contributed by atoms with E-state index in [1.165, 1.54) is 55.6 Å². The Morgan fingerprint density at radius 3 is 1.92 bits per heavy atom. The molecule has 0 saturated heterocycles. The molecular formula is C26H24Cl2N2O8S. The second kappa shape index (κ2) is 12.4. The third-order valence-corrected chi connectivity index (χ3v) is 7.60. The van der Waals surface area contributed by atoms with Crippen LogP contribution in [0.25, 0.3) is 0 Å². The number of rotatable bonds is 9. The number of nitrogens with one attached hydrogen (secondary N) is 1. The highest BCUT2D eigenvalue weighted by Crippen LogP contribution is 2.33. The zero-order valence-electron chi connectivity index (χ0n) is 21.3. The monoisotopic (exact) mass is 594 g/mol. The number of aryl methyl sites for hydroxylation is 1. The summed E-state index contributed by atoms with van der Waals surface area (Å²) in [4.78, 5) is 37.2. The van der Waals surface area contributed by atoms with Gasteiger partial charge in [0.25, 0.3) is 10.0 Å². The Balaban J connectivity index is 2.07. The maximum absolute atomic E-state index is 13.9. The quantitative estimate of drug-likeness (QED) is 0.352. The average Bonchev–Trinajstić information content (AvgIpc) is 2.89. The molecule has 0 heterocycles. The molecule has 39 heavy (non-hydrogen) atoms. The molecule has 1 amide bonds. The fraction of sp³-hybridized carbons (Fsp3) is 0.192. The summed E-state index contributed by atoms with van der Waals surface area (Å²) in [5.41, 5.74) is 0.609. The predicted octanol–water partition coefficient (Wildman–Crippen LogP) is 4.72. The van der Waals surface area contributed by atoms with E-state index in [0.29, 0.717) is 5.56 Å². The number of anilines is 2. The molecule has 0 aliphatic carbocycles. The number of hydrogen-bond donors (Lipinski definition) is 1. The molecule has 0 radical (unpaired) electrons. The first-order valence-electron chi connectivity index (χ1n) is 11.1. The Kier molecular flexibility index (Phi) is 9.44. The molecule has 0 unspecified atom stereocenters. The minimum absolute atomic E-state index is 0.0183. The van der Waals surface area contributed by atoms with Gasteiger partial charge in [0.2, 0.25) is 5.91 Å². The molecule has 0 bridgehead atoms. The maximum atomic E-state index is 13.9. The lowest BCUT2D eigenvalue weighted by atomic mass is 10.1. The number of esters is 2. The van der Waals surface area contributed by atoms with Gasteiger partial charge in [-0.25, -0.2) is 18.0 Å². The normalized spacial score (nSPS) is 10.9. The second-order valence-corrected chi connectivity index (χ2v) is 10.8. The molecule has 13 heteroatoms. The molecule has 1 N–H and O–H groups in total. The number of ether oxygens (including phenoxy) is 3. The SMILES string of the molecule is COC(=O)c1cc(NC(=O)CN(c2cc(Cl)cc(Cl)c2)S(=O)(=O)c2cc(C)ccc2OC)cc(C(=O)OC)c1. The van der Waals surface area contributed by atoms with Crippen LogP contribution in [0.1, 0.15) is 26.3 Å². The van der Waals surface area contributed by atoms with Gasteiger partial charge in [0.15, 0.2) is 0 Å². The molecule has 0 fully saturated rings. The van der Waals surface area contributed by atoms with Crippen molar-refractivity contribution in [1.29, 1.82) is 0 Å². The lowest BCUT2D eigenvalue weighted by Crippen LogP contribution is -2.38. The largest absolute Gasteiger partial charge is 0.495 e. The first-order valence-corrected chi connectivity index (χ1v) is 13.3. The highest BCUT2D eigenvalue weighted by Gasteiger charge is 2.31. The van der Waals surface area contributed by atoms with Gasteiger partial charge >= 0.3 is 11.9 Å². The zero-order chi connectivity index (χ0) is 28.9. The number of hydrogen-bond acceptors (Lipinski definition) is 8. The van der Waals surface area contributed by atoms with Gasteiger partial charge in [-0.05, 0) is 61.0 Å². The lowest BCUT2D eigenvalue weighted by Gasteiger charge is -2.25. The van der Waals surface area contributed by atoms with Gasteiger partial charge in [-0.3, -0.25) is 9.10 Å². The van der Waals surface area contributed by atoms with Crippen LogP contribution in [0.2, 0.25) is 10.0 Å². The Morgan fingerprint density at radius 2 is 1.41 bits per heavy atom. The molecule has 0 aliphatic rings. The van der Waals surface area contributed by atoms with E-state index < -0.39 is 34.4 Å². The number of sulfonamides is 1. The molecular weight excluding hydrogens is 571 g/mol.